The Morgan fingerprint density at radius 2 is 2.00 bits per heavy atom. The Morgan fingerprint density at radius 3 is 2.76 bits per heavy atom. The topological polar surface area (TPSA) is 68.3 Å². The van der Waals surface area contributed by atoms with Gasteiger partial charge in [0.1, 0.15) is 0 Å². The first-order chi connectivity index (χ1) is 10.2. The number of furan rings is 1. The van der Waals surface area contributed by atoms with Crippen LogP contribution in [-0.4, -0.2) is 10.9 Å². The van der Waals surface area contributed by atoms with Crippen LogP contribution in [0, 0.1) is 13.8 Å². The first kappa shape index (κ1) is 13.2. The van der Waals surface area contributed by atoms with E-state index >= 15 is 0 Å². The first-order valence-corrected chi connectivity index (χ1v) is 6.51. The van der Waals surface area contributed by atoms with E-state index in [2.05, 4.69) is 10.3 Å². The number of hydrogen-bond acceptors (Lipinski definition) is 4. The quantitative estimate of drug-likeness (QED) is 0.793. The molecule has 0 aliphatic heterocycles. The highest BCUT2D eigenvalue weighted by atomic mass is 16.4. The summed E-state index contributed by atoms with van der Waals surface area (Å²) in [5, 5.41) is 2.85. The van der Waals surface area contributed by atoms with Crippen LogP contribution in [0.1, 0.15) is 21.6 Å². The number of benzene rings is 1. The van der Waals surface area contributed by atoms with E-state index < -0.39 is 0 Å². The van der Waals surface area contributed by atoms with Crippen LogP contribution in [0.25, 0.3) is 11.5 Å². The van der Waals surface area contributed by atoms with Crippen molar-refractivity contribution in [3.8, 4) is 11.5 Å². The van der Waals surface area contributed by atoms with Crippen molar-refractivity contribution in [1.82, 2.24) is 4.98 Å². The molecule has 0 radical (unpaired) electrons. The summed E-state index contributed by atoms with van der Waals surface area (Å²) in [5.74, 6) is 0.463. The van der Waals surface area contributed by atoms with Gasteiger partial charge in [-0.3, -0.25) is 4.79 Å². The summed E-state index contributed by atoms with van der Waals surface area (Å²) in [6, 6.07) is 9.19. The van der Waals surface area contributed by atoms with E-state index in [4.69, 9.17) is 8.83 Å². The van der Waals surface area contributed by atoms with Gasteiger partial charge in [0.25, 0.3) is 5.91 Å². The monoisotopic (exact) mass is 282 g/mol. The van der Waals surface area contributed by atoms with Gasteiger partial charge in [0, 0.05) is 5.69 Å². The average molecular weight is 282 g/mol. The van der Waals surface area contributed by atoms with Gasteiger partial charge in [0.05, 0.1) is 6.26 Å². The molecule has 0 bridgehead atoms. The van der Waals surface area contributed by atoms with E-state index in [0.717, 1.165) is 16.8 Å². The molecule has 0 saturated heterocycles. The Hall–Kier alpha value is -2.82. The molecule has 0 aliphatic rings. The van der Waals surface area contributed by atoms with Crippen LogP contribution < -0.4 is 5.32 Å². The van der Waals surface area contributed by atoms with E-state index in [-0.39, 0.29) is 11.6 Å². The third-order valence-electron chi connectivity index (χ3n) is 3.38. The number of carbonyl (C=O) groups excluding carboxylic acids is 1. The molecule has 0 spiro atoms. The molecule has 2 aromatic heterocycles. The number of nitrogens with zero attached hydrogens (tertiary/aromatic N) is 1. The minimum atomic E-state index is -0.330. The molecular weight excluding hydrogens is 268 g/mol. The minimum Gasteiger partial charge on any atom is -0.461 e. The average Bonchev–Trinajstić information content (AvgIpc) is 3.13. The van der Waals surface area contributed by atoms with Gasteiger partial charge in [0.15, 0.2) is 17.8 Å². The van der Waals surface area contributed by atoms with Crippen LogP contribution in [0.3, 0.4) is 0 Å². The van der Waals surface area contributed by atoms with Gasteiger partial charge in [-0.05, 0) is 43.2 Å². The third kappa shape index (κ3) is 2.45. The predicted octanol–water partition coefficient (Wildman–Crippen LogP) is 3.80. The molecule has 0 aliphatic carbocycles. The van der Waals surface area contributed by atoms with Gasteiger partial charge in [-0.2, -0.15) is 0 Å². The van der Waals surface area contributed by atoms with E-state index in [1.807, 2.05) is 32.0 Å². The second-order valence-corrected chi connectivity index (χ2v) is 4.71. The first-order valence-electron chi connectivity index (χ1n) is 6.51. The highest BCUT2D eigenvalue weighted by molar-refractivity contribution is 6.06. The number of aromatic nitrogens is 1. The molecule has 3 aromatic rings. The number of amides is 1. The number of anilines is 1. The molecule has 2 heterocycles. The zero-order valence-electron chi connectivity index (χ0n) is 11.7. The Kier molecular flexibility index (Phi) is 3.31. The Balaban J connectivity index is 1.90. The van der Waals surface area contributed by atoms with Crippen LogP contribution in [0.15, 0.2) is 51.8 Å². The van der Waals surface area contributed by atoms with Gasteiger partial charge < -0.3 is 14.2 Å². The van der Waals surface area contributed by atoms with Crippen molar-refractivity contribution in [3.05, 3.63) is 59.8 Å². The molecule has 5 nitrogen and oxygen atoms in total. The molecule has 0 saturated carbocycles. The molecule has 21 heavy (non-hydrogen) atoms. The maximum atomic E-state index is 12.4. The maximum Gasteiger partial charge on any atom is 0.278 e. The SMILES string of the molecule is Cc1cccc(NC(=O)c2ncoc2-c2ccco2)c1C. The standard InChI is InChI=1S/C16H14N2O3/c1-10-5-3-6-12(11(10)2)18-16(19)14-15(21-9-17-14)13-7-4-8-20-13/h3-9H,1-2H3,(H,18,19). The largest absolute Gasteiger partial charge is 0.461 e. The van der Waals surface area contributed by atoms with Crippen molar-refractivity contribution in [1.29, 1.82) is 0 Å². The lowest BCUT2D eigenvalue weighted by molar-refractivity contribution is 0.102. The zero-order chi connectivity index (χ0) is 14.8. The lowest BCUT2D eigenvalue weighted by atomic mass is 10.1. The number of aryl methyl sites for hydroxylation is 1. The molecule has 5 heteroatoms. The van der Waals surface area contributed by atoms with Crippen LogP contribution in [-0.2, 0) is 0 Å². The second kappa shape index (κ2) is 5.28. The van der Waals surface area contributed by atoms with Crippen molar-refractivity contribution in [2.75, 3.05) is 5.32 Å². The number of nitrogens with one attached hydrogen (secondary N) is 1. The zero-order valence-corrected chi connectivity index (χ0v) is 11.7. The fourth-order valence-corrected chi connectivity index (χ4v) is 2.06. The maximum absolute atomic E-state index is 12.4. The molecule has 0 fully saturated rings. The fraction of sp³-hybridized carbons (Fsp3) is 0.125. The summed E-state index contributed by atoms with van der Waals surface area (Å²) in [6.45, 7) is 3.95. The number of carbonyl (C=O) groups is 1. The van der Waals surface area contributed by atoms with Crippen LogP contribution in [0.2, 0.25) is 0 Å². The number of hydrogen-bond donors (Lipinski definition) is 1. The van der Waals surface area contributed by atoms with Crippen molar-refractivity contribution in [2.24, 2.45) is 0 Å². The van der Waals surface area contributed by atoms with Gasteiger partial charge >= 0.3 is 0 Å². The van der Waals surface area contributed by atoms with Crippen molar-refractivity contribution in [3.63, 3.8) is 0 Å². The van der Waals surface area contributed by atoms with Crippen molar-refractivity contribution in [2.45, 2.75) is 13.8 Å². The number of rotatable bonds is 3. The second-order valence-electron chi connectivity index (χ2n) is 4.71. The lowest BCUT2D eigenvalue weighted by Gasteiger charge is -2.09. The van der Waals surface area contributed by atoms with Crippen molar-refractivity contribution < 1.29 is 13.6 Å². The van der Waals surface area contributed by atoms with Crippen LogP contribution >= 0.6 is 0 Å². The smallest absolute Gasteiger partial charge is 0.278 e. The molecular formula is C16H14N2O3. The van der Waals surface area contributed by atoms with E-state index in [0.29, 0.717) is 11.5 Å². The normalized spacial score (nSPS) is 10.6. The van der Waals surface area contributed by atoms with E-state index in [9.17, 15) is 4.79 Å². The molecule has 3 rings (SSSR count). The molecule has 0 unspecified atom stereocenters. The van der Waals surface area contributed by atoms with Gasteiger partial charge in [-0.25, -0.2) is 4.98 Å². The molecule has 1 aromatic carbocycles. The van der Waals surface area contributed by atoms with Gasteiger partial charge in [-0.15, -0.1) is 0 Å². The molecule has 1 N–H and O–H groups in total. The third-order valence-corrected chi connectivity index (χ3v) is 3.38. The lowest BCUT2D eigenvalue weighted by Crippen LogP contribution is -2.14. The van der Waals surface area contributed by atoms with E-state index in [1.165, 1.54) is 12.7 Å². The molecule has 0 atom stereocenters. The van der Waals surface area contributed by atoms with Gasteiger partial charge in [0.2, 0.25) is 5.76 Å². The highest BCUT2D eigenvalue weighted by Crippen LogP contribution is 2.25. The van der Waals surface area contributed by atoms with Crippen molar-refractivity contribution >= 4 is 11.6 Å². The Morgan fingerprint density at radius 1 is 1.14 bits per heavy atom. The highest BCUT2D eigenvalue weighted by Gasteiger charge is 2.20. The summed E-state index contributed by atoms with van der Waals surface area (Å²) >= 11 is 0. The predicted molar refractivity (Wildman–Crippen MR) is 78.1 cm³/mol. The van der Waals surface area contributed by atoms with Crippen LogP contribution in [0.5, 0.6) is 0 Å². The van der Waals surface area contributed by atoms with Crippen LogP contribution in [0.4, 0.5) is 5.69 Å². The minimum absolute atomic E-state index is 0.200. The fourth-order valence-electron chi connectivity index (χ4n) is 2.06. The summed E-state index contributed by atoms with van der Waals surface area (Å²) in [5.41, 5.74) is 3.09. The van der Waals surface area contributed by atoms with Gasteiger partial charge in [-0.1, -0.05) is 12.1 Å². The summed E-state index contributed by atoms with van der Waals surface area (Å²) in [4.78, 5) is 16.4. The van der Waals surface area contributed by atoms with E-state index in [1.54, 1.807) is 12.1 Å². The number of oxazole rings is 1. The summed E-state index contributed by atoms with van der Waals surface area (Å²) in [6.07, 6.45) is 2.75. The molecule has 1 amide bonds. The molecule has 106 valence electrons. The summed E-state index contributed by atoms with van der Waals surface area (Å²) in [7, 11) is 0. The Bertz CT molecular complexity index is 773. The Labute approximate surface area is 121 Å². The summed E-state index contributed by atoms with van der Waals surface area (Å²) < 4.78 is 10.5.